The average molecular weight is 591 g/mol. The summed E-state index contributed by atoms with van der Waals surface area (Å²) in [6.45, 7) is 0.291. The number of halogens is 9. The highest BCUT2D eigenvalue weighted by Crippen LogP contribution is 2.38. The third-order valence-corrected chi connectivity index (χ3v) is 5.69. The molecule has 0 bridgehead atoms. The standard InChI is InChI=1S/C24H14F9N5O3/c1-10(23(29,30)24(31,32)33)35-22(41)14-9-38(18-15(26)4-11(25)5-16(18)27)20-13(19(14)40)6-17(28)21(36-20)37-3-2-34-7-12(39)8-37/h2-10,39H,1H3,(H,35,41). The molecule has 1 aliphatic rings. The Hall–Kier alpha value is -4.83. The van der Waals surface area contributed by atoms with Crippen LogP contribution in [0.3, 0.4) is 0 Å². The van der Waals surface area contributed by atoms with E-state index < -0.39 is 86.6 Å². The number of anilines is 1. The lowest BCUT2D eigenvalue weighted by Gasteiger charge is -2.26. The number of allylic oxidation sites excluding steroid dienone is 1. The molecule has 3 heterocycles. The van der Waals surface area contributed by atoms with E-state index in [4.69, 9.17) is 0 Å². The van der Waals surface area contributed by atoms with Gasteiger partial charge in [-0.2, -0.15) is 22.0 Å². The number of nitrogens with zero attached hydrogens (tertiary/aromatic N) is 4. The van der Waals surface area contributed by atoms with Crippen molar-refractivity contribution >= 4 is 29.0 Å². The van der Waals surface area contributed by atoms with E-state index in [2.05, 4.69) is 9.98 Å². The van der Waals surface area contributed by atoms with Gasteiger partial charge in [0.05, 0.1) is 23.8 Å². The zero-order valence-electron chi connectivity index (χ0n) is 20.2. The number of aliphatic hydroxyl groups excluding tert-OH is 1. The second-order valence-corrected chi connectivity index (χ2v) is 8.48. The Morgan fingerprint density at radius 2 is 1.66 bits per heavy atom. The Bertz CT molecular complexity index is 1690. The van der Waals surface area contributed by atoms with Crippen LogP contribution in [0.15, 0.2) is 58.5 Å². The van der Waals surface area contributed by atoms with Gasteiger partial charge in [-0.05, 0) is 13.0 Å². The number of amides is 1. The van der Waals surface area contributed by atoms with E-state index in [1.807, 2.05) is 0 Å². The van der Waals surface area contributed by atoms with Crippen LogP contribution in [0.4, 0.5) is 45.3 Å². The van der Waals surface area contributed by atoms with E-state index >= 15 is 4.39 Å². The van der Waals surface area contributed by atoms with Gasteiger partial charge in [-0.25, -0.2) is 22.5 Å². The van der Waals surface area contributed by atoms with Crippen molar-refractivity contribution in [2.45, 2.75) is 25.1 Å². The highest BCUT2D eigenvalue weighted by molar-refractivity contribution is 5.97. The average Bonchev–Trinajstić information content (AvgIpc) is 3.07. The molecule has 8 nitrogen and oxygen atoms in total. The maximum absolute atomic E-state index is 15.2. The van der Waals surface area contributed by atoms with E-state index in [1.54, 1.807) is 0 Å². The molecule has 0 aliphatic carbocycles. The van der Waals surface area contributed by atoms with Crippen LogP contribution in [-0.2, 0) is 0 Å². The van der Waals surface area contributed by atoms with E-state index in [9.17, 15) is 49.8 Å². The molecule has 0 saturated heterocycles. The number of aliphatic imine (C=N–C) groups is 1. The quantitative estimate of drug-likeness (QED) is 0.406. The summed E-state index contributed by atoms with van der Waals surface area (Å²) in [6.07, 6.45) is -1.69. The molecule has 4 rings (SSSR count). The highest BCUT2D eigenvalue weighted by atomic mass is 19.4. The number of rotatable bonds is 5. The highest BCUT2D eigenvalue weighted by Gasteiger charge is 2.61. The van der Waals surface area contributed by atoms with Gasteiger partial charge in [0.1, 0.15) is 22.8 Å². The molecule has 2 aromatic heterocycles. The zero-order valence-corrected chi connectivity index (χ0v) is 20.2. The number of carbonyl (C=O) groups is 1. The van der Waals surface area contributed by atoms with E-state index in [0.717, 1.165) is 29.7 Å². The van der Waals surface area contributed by atoms with E-state index in [-0.39, 0.29) is 12.1 Å². The Labute approximate surface area is 222 Å². The number of nitrogens with one attached hydrogen (secondary N) is 1. The summed E-state index contributed by atoms with van der Waals surface area (Å²) >= 11 is 0. The molecule has 1 amide bonds. The number of aromatic nitrogens is 2. The van der Waals surface area contributed by atoms with E-state index in [0.29, 0.717) is 23.8 Å². The number of hydrogen-bond donors (Lipinski definition) is 2. The van der Waals surface area contributed by atoms with Gasteiger partial charge in [0.15, 0.2) is 28.9 Å². The van der Waals surface area contributed by atoms with Crippen molar-refractivity contribution in [3.8, 4) is 5.69 Å². The van der Waals surface area contributed by atoms with Crippen molar-refractivity contribution < 1.29 is 49.4 Å². The molecule has 0 radical (unpaired) electrons. The molecule has 1 aromatic carbocycles. The number of carbonyl (C=O) groups excluding carboxylic acids is 1. The monoisotopic (exact) mass is 591 g/mol. The van der Waals surface area contributed by atoms with Gasteiger partial charge in [0.2, 0.25) is 5.43 Å². The second-order valence-electron chi connectivity index (χ2n) is 8.48. The molecule has 1 unspecified atom stereocenters. The maximum atomic E-state index is 15.2. The molecule has 0 saturated carbocycles. The molecule has 0 spiro atoms. The normalized spacial score (nSPS) is 14.7. The van der Waals surface area contributed by atoms with Gasteiger partial charge in [-0.15, -0.1) is 0 Å². The Morgan fingerprint density at radius 1 is 1.02 bits per heavy atom. The minimum absolute atomic E-state index is 0.203. The first-order valence-electron chi connectivity index (χ1n) is 11.1. The number of fused-ring (bicyclic) bond motifs is 1. The van der Waals surface area contributed by atoms with Crippen molar-refractivity contribution in [2.24, 2.45) is 4.99 Å². The van der Waals surface area contributed by atoms with Gasteiger partial charge in [0, 0.05) is 30.7 Å². The predicted molar refractivity (Wildman–Crippen MR) is 126 cm³/mol. The van der Waals surface area contributed by atoms with Crippen molar-refractivity contribution in [1.82, 2.24) is 14.9 Å². The second kappa shape index (κ2) is 10.3. The first kappa shape index (κ1) is 29.2. The fourth-order valence-electron chi connectivity index (χ4n) is 3.68. The van der Waals surface area contributed by atoms with Crippen molar-refractivity contribution in [1.29, 1.82) is 0 Å². The van der Waals surface area contributed by atoms with Gasteiger partial charge < -0.3 is 15.3 Å². The number of aliphatic hydroxyl groups is 1. The van der Waals surface area contributed by atoms with Crippen LogP contribution in [0.2, 0.25) is 0 Å². The van der Waals surface area contributed by atoms with Crippen LogP contribution in [0.1, 0.15) is 17.3 Å². The summed E-state index contributed by atoms with van der Waals surface area (Å²) in [5.41, 5.74) is -4.63. The number of hydrogen-bond acceptors (Lipinski definition) is 6. The van der Waals surface area contributed by atoms with Crippen molar-refractivity contribution in [3.63, 3.8) is 0 Å². The predicted octanol–water partition coefficient (Wildman–Crippen LogP) is 5.02. The molecule has 1 atom stereocenters. The lowest BCUT2D eigenvalue weighted by molar-refractivity contribution is -0.290. The maximum Gasteiger partial charge on any atom is 0.455 e. The molecule has 2 N–H and O–H groups in total. The largest absolute Gasteiger partial charge is 0.505 e. The molecule has 41 heavy (non-hydrogen) atoms. The molecule has 17 heteroatoms. The van der Waals surface area contributed by atoms with Crippen molar-refractivity contribution in [3.05, 3.63) is 87.8 Å². The van der Waals surface area contributed by atoms with Crippen LogP contribution in [-0.4, -0.2) is 44.9 Å². The van der Waals surface area contributed by atoms with Gasteiger partial charge in [-0.3, -0.25) is 19.1 Å². The fourth-order valence-corrected chi connectivity index (χ4v) is 3.68. The summed E-state index contributed by atoms with van der Waals surface area (Å²) in [5, 5.41) is 10.2. The van der Waals surface area contributed by atoms with Crippen LogP contribution in [0, 0.1) is 23.3 Å². The molecular formula is C24H14F9N5O3. The van der Waals surface area contributed by atoms with Gasteiger partial charge in [-0.1, -0.05) is 0 Å². The zero-order chi connectivity index (χ0) is 30.4. The summed E-state index contributed by atoms with van der Waals surface area (Å²) in [5.74, 6) is -14.4. The minimum atomic E-state index is -6.09. The van der Waals surface area contributed by atoms with Crippen LogP contribution in [0.25, 0.3) is 16.7 Å². The summed E-state index contributed by atoms with van der Waals surface area (Å²) in [7, 11) is 0. The first-order valence-corrected chi connectivity index (χ1v) is 11.1. The minimum Gasteiger partial charge on any atom is -0.505 e. The third-order valence-electron chi connectivity index (χ3n) is 5.69. The van der Waals surface area contributed by atoms with Crippen LogP contribution in [0.5, 0.6) is 0 Å². The summed E-state index contributed by atoms with van der Waals surface area (Å²) < 4.78 is 124. The number of pyridine rings is 2. The number of benzene rings is 1. The lowest BCUT2D eigenvalue weighted by Crippen LogP contribution is -2.54. The van der Waals surface area contributed by atoms with Crippen molar-refractivity contribution in [2.75, 3.05) is 4.90 Å². The molecule has 1 aliphatic heterocycles. The summed E-state index contributed by atoms with van der Waals surface area (Å²) in [6, 6.07) is -2.07. The Balaban J connectivity index is 1.99. The lowest BCUT2D eigenvalue weighted by atomic mass is 10.1. The van der Waals surface area contributed by atoms with Crippen LogP contribution < -0.4 is 15.6 Å². The summed E-state index contributed by atoms with van der Waals surface area (Å²) in [4.78, 5) is 34.2. The topological polar surface area (TPSA) is 99.8 Å². The first-order chi connectivity index (χ1) is 19.0. The molecule has 3 aromatic rings. The third kappa shape index (κ3) is 5.33. The SMILES string of the molecule is CC(NC(=O)c1cn(-c2c(F)cc(F)cc2F)c2nc(N3C=CN=CC(O)=C3)c(F)cc2c1=O)C(F)(F)C(F)(F)F. The Kier molecular flexibility index (Phi) is 7.32. The molecule has 0 fully saturated rings. The fraction of sp³-hybridized carbons (Fsp3) is 0.167. The smallest absolute Gasteiger partial charge is 0.455 e. The molecular weight excluding hydrogens is 577 g/mol. The van der Waals surface area contributed by atoms with Gasteiger partial charge in [0.25, 0.3) is 5.91 Å². The van der Waals surface area contributed by atoms with Crippen LogP contribution >= 0.6 is 0 Å². The Morgan fingerprint density at radius 3 is 2.27 bits per heavy atom. The molecule has 216 valence electrons. The van der Waals surface area contributed by atoms with Gasteiger partial charge >= 0.3 is 12.1 Å². The van der Waals surface area contributed by atoms with E-state index in [1.165, 1.54) is 5.32 Å². The number of alkyl halides is 5.